The molecule has 0 amide bonds. The highest BCUT2D eigenvalue weighted by Gasteiger charge is 2.19. The third kappa shape index (κ3) is 7.74. The van der Waals surface area contributed by atoms with Gasteiger partial charge in [0, 0.05) is 44.0 Å². The van der Waals surface area contributed by atoms with Crippen molar-refractivity contribution in [1.82, 2.24) is 9.13 Å². The van der Waals surface area contributed by atoms with Crippen LogP contribution in [0.4, 0.5) is 0 Å². The van der Waals surface area contributed by atoms with Crippen molar-refractivity contribution in [3.8, 4) is 33.6 Å². The van der Waals surface area contributed by atoms with Gasteiger partial charge in [0.25, 0.3) is 0 Å². The first-order valence-electron chi connectivity index (χ1n) is 22.9. The third-order valence-electron chi connectivity index (χ3n) is 12.9. The molecule has 2 aromatic heterocycles. The zero-order chi connectivity index (χ0) is 45.5. The van der Waals surface area contributed by atoms with Gasteiger partial charge in [0.05, 0.1) is 28.6 Å². The minimum absolute atomic E-state index is 0.0865. The lowest BCUT2D eigenvalue weighted by atomic mass is 9.87. The van der Waals surface area contributed by atoms with Gasteiger partial charge in [-0.05, 0) is 100 Å². The van der Waals surface area contributed by atoms with Crippen LogP contribution in [0.15, 0.2) is 233 Å². The minimum atomic E-state index is 0.0865. The molecule has 9 aromatic carbocycles. The normalized spacial score (nSPS) is 12.4. The molecule has 0 N–H and O–H groups in total. The van der Waals surface area contributed by atoms with Crippen LogP contribution in [0.25, 0.3) is 77.2 Å². The number of benzene rings is 9. The molecule has 0 atom stereocenters. The van der Waals surface area contributed by atoms with Crippen LogP contribution >= 0.6 is 0 Å². The van der Waals surface area contributed by atoms with E-state index >= 15 is 0 Å². The molecule has 11 rings (SSSR count). The molecule has 322 valence electrons. The standard InChI is InChI=1S/C62H49N5/c1-62(2,3)48-32-36-50(37-33-48)67-55-26-13-11-23-52(55)53-38-31-45(40-58(53)67)43-29-34-49(35-30-43)66-56-27-14-12-24-54(56)59-51(25-16-28-57(59)66)46-21-15-22-47(39-46)60(63-4)65-61(44-19-9-6-10-20-44)64-41-42-17-7-5-8-18-42/h5-40H,4,41H2,1-3H3/b64-61-,65-60-. The first kappa shape index (κ1) is 41.3. The molecule has 2 heterocycles. The summed E-state index contributed by atoms with van der Waals surface area (Å²) >= 11 is 0. The predicted molar refractivity (Wildman–Crippen MR) is 284 cm³/mol. The second kappa shape index (κ2) is 17.2. The molecule has 0 aliphatic carbocycles. The van der Waals surface area contributed by atoms with Gasteiger partial charge in [-0.15, -0.1) is 0 Å². The number of aromatic nitrogens is 2. The monoisotopic (exact) mass is 863 g/mol. The molecule has 0 unspecified atom stereocenters. The zero-order valence-electron chi connectivity index (χ0n) is 37.9. The van der Waals surface area contributed by atoms with E-state index in [2.05, 4.69) is 205 Å². The predicted octanol–water partition coefficient (Wildman–Crippen LogP) is 15.6. The number of hydrogen-bond donors (Lipinski definition) is 0. The molecular weight excluding hydrogens is 815 g/mol. The Kier molecular flexibility index (Phi) is 10.6. The SMILES string of the molecule is C=N/C(=N\C(=N/Cc1ccccc1)c1ccccc1)c1cccc(-c2cccc3c2c2ccccc2n3-c2ccc(-c3ccc4c5ccccc5n(-c5ccc(C(C)(C)C)cc5)c4c3)cc2)c1. The quantitative estimate of drug-likeness (QED) is 0.108. The lowest BCUT2D eigenvalue weighted by Gasteiger charge is -2.19. The van der Waals surface area contributed by atoms with Gasteiger partial charge < -0.3 is 9.13 Å². The molecule has 5 nitrogen and oxygen atoms in total. The number of amidine groups is 2. The van der Waals surface area contributed by atoms with Crippen LogP contribution in [0.3, 0.4) is 0 Å². The Labute approximate surface area is 391 Å². The van der Waals surface area contributed by atoms with E-state index in [4.69, 9.17) is 9.98 Å². The highest BCUT2D eigenvalue weighted by Crippen LogP contribution is 2.40. The second-order valence-corrected chi connectivity index (χ2v) is 18.1. The first-order chi connectivity index (χ1) is 32.8. The van der Waals surface area contributed by atoms with E-state index in [-0.39, 0.29) is 5.41 Å². The first-order valence-corrected chi connectivity index (χ1v) is 22.9. The number of nitrogens with zero attached hydrogens (tertiary/aromatic N) is 5. The molecule has 67 heavy (non-hydrogen) atoms. The van der Waals surface area contributed by atoms with Crippen LogP contribution < -0.4 is 0 Å². The molecule has 0 spiro atoms. The van der Waals surface area contributed by atoms with Gasteiger partial charge in [-0.1, -0.05) is 185 Å². The van der Waals surface area contributed by atoms with Gasteiger partial charge in [-0.3, -0.25) is 4.99 Å². The summed E-state index contributed by atoms with van der Waals surface area (Å²) in [5, 5.41) is 4.87. The molecular formula is C62H49N5. The highest BCUT2D eigenvalue weighted by atomic mass is 15.0. The van der Waals surface area contributed by atoms with Crippen molar-refractivity contribution in [1.29, 1.82) is 0 Å². The van der Waals surface area contributed by atoms with Crippen molar-refractivity contribution in [3.05, 3.63) is 241 Å². The summed E-state index contributed by atoms with van der Waals surface area (Å²) in [6.07, 6.45) is 0. The molecule has 11 aromatic rings. The van der Waals surface area contributed by atoms with Crippen LogP contribution in [0, 0.1) is 0 Å². The molecule has 0 saturated carbocycles. The zero-order valence-corrected chi connectivity index (χ0v) is 37.9. The van der Waals surface area contributed by atoms with Crippen molar-refractivity contribution in [3.63, 3.8) is 0 Å². The maximum atomic E-state index is 5.05. The Hall–Kier alpha value is -8.41. The Morgan fingerprint density at radius 2 is 1.01 bits per heavy atom. The van der Waals surface area contributed by atoms with Crippen molar-refractivity contribution in [2.24, 2.45) is 15.0 Å². The molecule has 0 bridgehead atoms. The number of hydrogen-bond acceptors (Lipinski definition) is 1. The van der Waals surface area contributed by atoms with E-state index < -0.39 is 0 Å². The smallest absolute Gasteiger partial charge is 0.161 e. The van der Waals surface area contributed by atoms with E-state index in [1.54, 1.807) is 0 Å². The minimum Gasteiger partial charge on any atom is -0.309 e. The van der Waals surface area contributed by atoms with Crippen molar-refractivity contribution in [2.75, 3.05) is 0 Å². The van der Waals surface area contributed by atoms with Crippen LogP contribution in [0.5, 0.6) is 0 Å². The van der Waals surface area contributed by atoms with Gasteiger partial charge in [-0.25, -0.2) is 9.98 Å². The Balaban J connectivity index is 0.968. The van der Waals surface area contributed by atoms with Gasteiger partial charge >= 0.3 is 0 Å². The summed E-state index contributed by atoms with van der Waals surface area (Å²) in [5.41, 5.74) is 15.8. The van der Waals surface area contributed by atoms with E-state index in [9.17, 15) is 0 Å². The molecule has 0 saturated heterocycles. The Bertz CT molecular complexity index is 3680. The highest BCUT2D eigenvalue weighted by molar-refractivity contribution is 6.17. The number of aliphatic imine (C=N–C) groups is 3. The molecule has 0 aliphatic rings. The van der Waals surface area contributed by atoms with Gasteiger partial charge in [0.15, 0.2) is 11.7 Å². The fourth-order valence-corrected chi connectivity index (χ4v) is 9.53. The van der Waals surface area contributed by atoms with E-state index in [1.165, 1.54) is 43.7 Å². The van der Waals surface area contributed by atoms with Crippen molar-refractivity contribution >= 4 is 62.0 Å². The molecule has 0 fully saturated rings. The van der Waals surface area contributed by atoms with E-state index in [0.29, 0.717) is 18.2 Å². The summed E-state index contributed by atoms with van der Waals surface area (Å²) in [5.74, 6) is 1.13. The summed E-state index contributed by atoms with van der Waals surface area (Å²) < 4.78 is 4.79. The van der Waals surface area contributed by atoms with Gasteiger partial charge in [-0.2, -0.15) is 0 Å². The van der Waals surface area contributed by atoms with Crippen LogP contribution in [0.1, 0.15) is 43.0 Å². The number of fused-ring (bicyclic) bond motifs is 6. The topological polar surface area (TPSA) is 46.9 Å². The summed E-state index contributed by atoms with van der Waals surface area (Å²) in [6, 6.07) is 77.7. The Morgan fingerprint density at radius 3 is 1.73 bits per heavy atom. The summed E-state index contributed by atoms with van der Waals surface area (Å²) in [6.45, 7) is 11.3. The van der Waals surface area contributed by atoms with Crippen molar-refractivity contribution in [2.45, 2.75) is 32.7 Å². The summed E-state index contributed by atoms with van der Waals surface area (Å²) in [7, 11) is 0. The fraction of sp³-hybridized carbons (Fsp3) is 0.0806. The lowest BCUT2D eigenvalue weighted by Crippen LogP contribution is -2.10. The largest absolute Gasteiger partial charge is 0.309 e. The molecule has 0 aliphatic heterocycles. The molecule has 0 radical (unpaired) electrons. The van der Waals surface area contributed by atoms with E-state index in [1.807, 2.05) is 54.6 Å². The maximum absolute atomic E-state index is 5.05. The van der Waals surface area contributed by atoms with Gasteiger partial charge in [0.2, 0.25) is 0 Å². The van der Waals surface area contributed by atoms with Gasteiger partial charge in [0.1, 0.15) is 0 Å². The average molecular weight is 864 g/mol. The van der Waals surface area contributed by atoms with Crippen LogP contribution in [0.2, 0.25) is 0 Å². The fourth-order valence-electron chi connectivity index (χ4n) is 9.53. The Morgan fingerprint density at radius 1 is 0.448 bits per heavy atom. The van der Waals surface area contributed by atoms with Crippen LogP contribution in [-0.4, -0.2) is 27.5 Å². The number of para-hydroxylation sites is 2. The summed E-state index contributed by atoms with van der Waals surface area (Å²) in [4.78, 5) is 14.5. The second-order valence-electron chi connectivity index (χ2n) is 18.1. The van der Waals surface area contributed by atoms with Crippen molar-refractivity contribution < 1.29 is 0 Å². The number of rotatable bonds is 8. The maximum Gasteiger partial charge on any atom is 0.161 e. The average Bonchev–Trinajstić information content (AvgIpc) is 3.90. The molecule has 5 heteroatoms. The van der Waals surface area contributed by atoms with E-state index in [0.717, 1.165) is 55.8 Å². The third-order valence-corrected chi connectivity index (χ3v) is 12.9. The van der Waals surface area contributed by atoms with Crippen LogP contribution in [-0.2, 0) is 12.0 Å². The lowest BCUT2D eigenvalue weighted by molar-refractivity contribution is 0.590.